The summed E-state index contributed by atoms with van der Waals surface area (Å²) in [7, 11) is 2.85. The third kappa shape index (κ3) is 4.11. The van der Waals surface area contributed by atoms with Gasteiger partial charge in [-0.1, -0.05) is 11.3 Å². The number of nitrogens with zero attached hydrogens (tertiary/aromatic N) is 4. The van der Waals surface area contributed by atoms with Gasteiger partial charge in [0.25, 0.3) is 11.8 Å². The zero-order valence-electron chi connectivity index (χ0n) is 17.9. The van der Waals surface area contributed by atoms with Gasteiger partial charge in [0.05, 0.1) is 25.5 Å². The van der Waals surface area contributed by atoms with Crippen LogP contribution in [0.1, 0.15) is 5.56 Å². The topological polar surface area (TPSA) is 113 Å². The van der Waals surface area contributed by atoms with Crippen LogP contribution in [-0.4, -0.2) is 55.6 Å². The number of methoxy groups -OCH3 is 2. The Labute approximate surface area is 190 Å². The van der Waals surface area contributed by atoms with Crippen molar-refractivity contribution in [3.05, 3.63) is 48.0 Å². The van der Waals surface area contributed by atoms with Crippen LogP contribution in [-0.2, 0) is 20.6 Å². The maximum atomic E-state index is 13.1. The molecule has 0 spiro atoms. The number of fused-ring (bicyclic) bond motifs is 1. The molecule has 1 fully saturated rings. The van der Waals surface area contributed by atoms with Gasteiger partial charge in [0, 0.05) is 11.8 Å². The van der Waals surface area contributed by atoms with Crippen LogP contribution in [0.25, 0.3) is 0 Å². The molecule has 13 heteroatoms. The summed E-state index contributed by atoms with van der Waals surface area (Å²) in [6, 6.07) is 6.29. The number of imide groups is 1. The molecule has 2 aromatic rings. The molecule has 2 aromatic carbocycles. The molecule has 2 aliphatic rings. The molecule has 10 nitrogen and oxygen atoms in total. The SMILES string of the molecule is COc1ccc(N2C(=O)[C@@H]3[C@@H](N=NN3CC(=O)Nc3cccc(C(F)(F)F)c3)C2=O)cc1OC. The van der Waals surface area contributed by atoms with E-state index < -0.39 is 48.1 Å². The molecular formula is C21H18F3N5O5. The summed E-state index contributed by atoms with van der Waals surface area (Å²) in [4.78, 5) is 39.3. The number of hydrogen-bond donors (Lipinski definition) is 1. The molecule has 2 atom stereocenters. The smallest absolute Gasteiger partial charge is 0.416 e. The maximum Gasteiger partial charge on any atom is 0.416 e. The second kappa shape index (κ2) is 8.65. The Kier molecular flexibility index (Phi) is 5.85. The van der Waals surface area contributed by atoms with E-state index in [9.17, 15) is 27.6 Å². The van der Waals surface area contributed by atoms with E-state index in [0.29, 0.717) is 11.5 Å². The first-order valence-electron chi connectivity index (χ1n) is 9.88. The van der Waals surface area contributed by atoms with Gasteiger partial charge in [-0.3, -0.25) is 19.4 Å². The fourth-order valence-electron chi connectivity index (χ4n) is 3.69. The molecule has 34 heavy (non-hydrogen) atoms. The van der Waals surface area contributed by atoms with Gasteiger partial charge in [-0.2, -0.15) is 18.3 Å². The zero-order valence-corrected chi connectivity index (χ0v) is 17.9. The van der Waals surface area contributed by atoms with E-state index in [2.05, 4.69) is 15.7 Å². The quantitative estimate of drug-likeness (QED) is 0.641. The van der Waals surface area contributed by atoms with Gasteiger partial charge in [0.15, 0.2) is 23.6 Å². The predicted molar refractivity (Wildman–Crippen MR) is 111 cm³/mol. The normalized spacial score (nSPS) is 19.4. The average molecular weight is 477 g/mol. The highest BCUT2D eigenvalue weighted by Gasteiger charge is 2.55. The number of nitrogens with one attached hydrogen (secondary N) is 1. The van der Waals surface area contributed by atoms with Crippen molar-refractivity contribution in [3.8, 4) is 11.5 Å². The summed E-state index contributed by atoms with van der Waals surface area (Å²) < 4.78 is 49.0. The van der Waals surface area contributed by atoms with Crippen molar-refractivity contribution in [2.24, 2.45) is 10.3 Å². The number of alkyl halides is 3. The minimum absolute atomic E-state index is 0.0757. The summed E-state index contributed by atoms with van der Waals surface area (Å²) in [5.74, 6) is -1.32. The lowest BCUT2D eigenvalue weighted by Gasteiger charge is -2.21. The van der Waals surface area contributed by atoms with Crippen molar-refractivity contribution in [3.63, 3.8) is 0 Å². The fraction of sp³-hybridized carbons (Fsp3) is 0.286. The molecule has 178 valence electrons. The number of carbonyl (C=O) groups excluding carboxylic acids is 3. The molecule has 4 rings (SSSR count). The molecule has 0 unspecified atom stereocenters. The minimum Gasteiger partial charge on any atom is -0.493 e. The first-order valence-corrected chi connectivity index (χ1v) is 9.88. The number of rotatable bonds is 6. The van der Waals surface area contributed by atoms with E-state index in [1.165, 1.54) is 38.5 Å². The van der Waals surface area contributed by atoms with Gasteiger partial charge in [-0.25, -0.2) is 4.90 Å². The third-order valence-corrected chi connectivity index (χ3v) is 5.26. The van der Waals surface area contributed by atoms with E-state index in [4.69, 9.17) is 9.47 Å². The van der Waals surface area contributed by atoms with Gasteiger partial charge in [0.1, 0.15) is 6.54 Å². The zero-order chi connectivity index (χ0) is 24.6. The van der Waals surface area contributed by atoms with Crippen LogP contribution in [0.3, 0.4) is 0 Å². The average Bonchev–Trinajstić information content (AvgIpc) is 3.32. The van der Waals surface area contributed by atoms with Gasteiger partial charge in [-0.15, -0.1) is 0 Å². The Morgan fingerprint density at radius 3 is 2.47 bits per heavy atom. The molecular weight excluding hydrogens is 459 g/mol. The van der Waals surface area contributed by atoms with Crippen molar-refractivity contribution in [1.82, 2.24) is 5.01 Å². The third-order valence-electron chi connectivity index (χ3n) is 5.26. The van der Waals surface area contributed by atoms with E-state index in [0.717, 1.165) is 28.1 Å². The predicted octanol–water partition coefficient (Wildman–Crippen LogP) is 2.65. The van der Waals surface area contributed by atoms with Gasteiger partial charge in [0.2, 0.25) is 5.91 Å². The Morgan fingerprint density at radius 1 is 1.06 bits per heavy atom. The number of halogens is 3. The standard InChI is InChI=1S/C21H18F3N5O5/c1-33-14-7-6-13(9-15(14)34-2)29-19(31)17-18(20(29)32)28(27-26-17)10-16(30)25-12-5-3-4-11(8-12)21(22,23)24/h3-9,17-18H,10H2,1-2H3,(H,25,30)/t17-,18+/m1/s1. The van der Waals surface area contributed by atoms with Crippen LogP contribution in [0, 0.1) is 0 Å². The molecule has 2 aliphatic heterocycles. The lowest BCUT2D eigenvalue weighted by molar-refractivity contribution is -0.137. The van der Waals surface area contributed by atoms with Gasteiger partial charge >= 0.3 is 6.18 Å². The van der Waals surface area contributed by atoms with E-state index >= 15 is 0 Å². The van der Waals surface area contributed by atoms with Gasteiger partial charge in [-0.05, 0) is 30.3 Å². The van der Waals surface area contributed by atoms with Crippen LogP contribution in [0.15, 0.2) is 52.8 Å². The highest BCUT2D eigenvalue weighted by molar-refractivity contribution is 6.25. The highest BCUT2D eigenvalue weighted by Crippen LogP contribution is 2.36. The number of ether oxygens (including phenoxy) is 2. The van der Waals surface area contributed by atoms with Crippen LogP contribution < -0.4 is 19.7 Å². The molecule has 1 N–H and O–H groups in total. The molecule has 3 amide bonds. The fourth-order valence-corrected chi connectivity index (χ4v) is 3.69. The Hall–Kier alpha value is -4.16. The van der Waals surface area contributed by atoms with Crippen molar-refractivity contribution in [1.29, 1.82) is 0 Å². The Bertz CT molecular complexity index is 1190. The van der Waals surface area contributed by atoms with E-state index in [-0.39, 0.29) is 11.4 Å². The summed E-state index contributed by atoms with van der Waals surface area (Å²) in [6.07, 6.45) is -4.57. The molecule has 0 aromatic heterocycles. The second-order valence-corrected chi connectivity index (χ2v) is 7.37. The van der Waals surface area contributed by atoms with Crippen molar-refractivity contribution >= 4 is 29.1 Å². The molecule has 2 heterocycles. The molecule has 0 bridgehead atoms. The first-order chi connectivity index (χ1) is 16.1. The first kappa shape index (κ1) is 23.0. The van der Waals surface area contributed by atoms with E-state index in [1.54, 1.807) is 0 Å². The number of hydrogen-bond acceptors (Lipinski definition) is 8. The highest BCUT2D eigenvalue weighted by atomic mass is 19.4. The lowest BCUT2D eigenvalue weighted by Crippen LogP contribution is -2.43. The number of benzene rings is 2. The van der Waals surface area contributed by atoms with Crippen LogP contribution in [0.2, 0.25) is 0 Å². The maximum absolute atomic E-state index is 13.1. The van der Waals surface area contributed by atoms with Crippen LogP contribution in [0.5, 0.6) is 11.5 Å². The molecule has 0 aliphatic carbocycles. The van der Waals surface area contributed by atoms with Crippen molar-refractivity contribution in [2.75, 3.05) is 31.0 Å². The second-order valence-electron chi connectivity index (χ2n) is 7.37. The number of amides is 3. The summed E-state index contributed by atoms with van der Waals surface area (Å²) >= 11 is 0. The van der Waals surface area contributed by atoms with Crippen molar-refractivity contribution < 1.29 is 37.0 Å². The molecule has 1 saturated heterocycles. The van der Waals surface area contributed by atoms with E-state index in [1.807, 2.05) is 0 Å². The monoisotopic (exact) mass is 477 g/mol. The van der Waals surface area contributed by atoms with Crippen molar-refractivity contribution in [2.45, 2.75) is 18.3 Å². The van der Waals surface area contributed by atoms with Crippen LogP contribution in [0.4, 0.5) is 24.5 Å². The molecule has 0 saturated carbocycles. The summed E-state index contributed by atoms with van der Waals surface area (Å²) in [6.45, 7) is -0.500. The minimum atomic E-state index is -4.57. The van der Waals surface area contributed by atoms with Gasteiger partial charge < -0.3 is 14.8 Å². The summed E-state index contributed by atoms with van der Waals surface area (Å²) in [5.41, 5.74) is -0.771. The lowest BCUT2D eigenvalue weighted by atomic mass is 10.1. The number of carbonyl (C=O) groups is 3. The Morgan fingerprint density at radius 2 is 1.79 bits per heavy atom. The summed E-state index contributed by atoms with van der Waals surface area (Å²) in [5, 5.41) is 10.9. The Balaban J connectivity index is 1.49. The largest absolute Gasteiger partial charge is 0.493 e. The molecule has 0 radical (unpaired) electrons. The van der Waals surface area contributed by atoms with Crippen LogP contribution >= 0.6 is 0 Å². The number of anilines is 2.